The second-order valence-corrected chi connectivity index (χ2v) is 6.27. The molecule has 0 fully saturated rings. The van der Waals surface area contributed by atoms with Gasteiger partial charge in [0.1, 0.15) is 6.54 Å². The third-order valence-corrected chi connectivity index (χ3v) is 4.24. The molecular formula is C16H19N3O2S. The molecular weight excluding hydrogens is 298 g/mol. The maximum atomic E-state index is 12.1. The Balaban J connectivity index is 2.09. The summed E-state index contributed by atoms with van der Waals surface area (Å²) in [6, 6.07) is 7.67. The average Bonchev–Trinajstić information content (AvgIpc) is 2.86. The summed E-state index contributed by atoms with van der Waals surface area (Å²) in [5, 5.41) is 2.97. The monoisotopic (exact) mass is 317 g/mol. The van der Waals surface area contributed by atoms with E-state index in [9.17, 15) is 9.59 Å². The molecule has 1 heterocycles. The molecule has 0 bridgehead atoms. The quantitative estimate of drug-likeness (QED) is 0.846. The minimum Gasteiger partial charge on any atom is -0.352 e. The molecule has 116 valence electrons. The van der Waals surface area contributed by atoms with Crippen molar-refractivity contribution in [1.29, 1.82) is 0 Å². The van der Waals surface area contributed by atoms with Crippen LogP contribution >= 0.6 is 11.8 Å². The third kappa shape index (κ3) is 3.76. The molecule has 6 heteroatoms. The number of aryl methyl sites for hydroxylation is 1. The first-order valence-electron chi connectivity index (χ1n) is 7.02. The summed E-state index contributed by atoms with van der Waals surface area (Å²) < 4.78 is 0. The number of hydrogen-bond donors (Lipinski definition) is 1. The number of hydrogen-bond acceptors (Lipinski definition) is 4. The van der Waals surface area contributed by atoms with Crippen LogP contribution in [0.25, 0.3) is 0 Å². The summed E-state index contributed by atoms with van der Waals surface area (Å²) in [5.41, 5.74) is 1.90. The standard InChI is InChI=1S/C16H19N3O2S/c1-4-9-17-15(21)12(3)22-16-18-10-14(20)19(16)13-7-5-11(2)6-8-13/h4-8,12H,1,9-10H2,2-3H3,(H,17,21)/t12-/m0/s1. The molecule has 2 amide bonds. The minimum absolute atomic E-state index is 0.0787. The summed E-state index contributed by atoms with van der Waals surface area (Å²) in [7, 11) is 0. The fourth-order valence-electron chi connectivity index (χ4n) is 1.95. The third-order valence-electron chi connectivity index (χ3n) is 3.15. The van der Waals surface area contributed by atoms with Crippen LogP contribution in [0.15, 0.2) is 41.9 Å². The maximum absolute atomic E-state index is 12.1. The molecule has 22 heavy (non-hydrogen) atoms. The van der Waals surface area contributed by atoms with Gasteiger partial charge in [-0.05, 0) is 26.0 Å². The van der Waals surface area contributed by atoms with Gasteiger partial charge in [-0.2, -0.15) is 0 Å². The highest BCUT2D eigenvalue weighted by molar-refractivity contribution is 8.15. The lowest BCUT2D eigenvalue weighted by Gasteiger charge is -2.20. The van der Waals surface area contributed by atoms with E-state index in [1.807, 2.05) is 31.2 Å². The number of nitrogens with zero attached hydrogens (tertiary/aromatic N) is 2. The van der Waals surface area contributed by atoms with Crippen molar-refractivity contribution in [2.75, 3.05) is 18.0 Å². The number of amides is 2. The van der Waals surface area contributed by atoms with Crippen LogP contribution < -0.4 is 10.2 Å². The summed E-state index contributed by atoms with van der Waals surface area (Å²) in [6.07, 6.45) is 1.63. The number of amidine groups is 1. The van der Waals surface area contributed by atoms with Crippen molar-refractivity contribution in [1.82, 2.24) is 5.32 Å². The van der Waals surface area contributed by atoms with Gasteiger partial charge in [-0.3, -0.25) is 19.5 Å². The summed E-state index contributed by atoms with van der Waals surface area (Å²) >= 11 is 1.29. The van der Waals surface area contributed by atoms with Crippen molar-refractivity contribution in [3.8, 4) is 0 Å². The molecule has 0 saturated carbocycles. The largest absolute Gasteiger partial charge is 0.352 e. The fourth-order valence-corrected chi connectivity index (χ4v) is 2.91. The van der Waals surface area contributed by atoms with Crippen LogP contribution in [-0.4, -0.2) is 35.3 Å². The molecule has 0 unspecified atom stereocenters. The predicted molar refractivity (Wildman–Crippen MR) is 91.2 cm³/mol. The number of anilines is 1. The van der Waals surface area contributed by atoms with E-state index in [0.717, 1.165) is 11.3 Å². The Kier molecular flexibility index (Phi) is 5.38. The predicted octanol–water partition coefficient (Wildman–Crippen LogP) is 2.12. The van der Waals surface area contributed by atoms with E-state index in [4.69, 9.17) is 0 Å². The second kappa shape index (κ2) is 7.26. The van der Waals surface area contributed by atoms with E-state index in [0.29, 0.717) is 11.7 Å². The van der Waals surface area contributed by atoms with Gasteiger partial charge in [0.15, 0.2) is 5.17 Å². The van der Waals surface area contributed by atoms with Crippen LogP contribution in [0, 0.1) is 6.92 Å². The zero-order chi connectivity index (χ0) is 16.1. The lowest BCUT2D eigenvalue weighted by molar-refractivity contribution is -0.120. The van der Waals surface area contributed by atoms with Gasteiger partial charge in [-0.1, -0.05) is 35.5 Å². The lowest BCUT2D eigenvalue weighted by Crippen LogP contribution is -2.35. The van der Waals surface area contributed by atoms with Gasteiger partial charge in [0.05, 0.1) is 10.9 Å². The van der Waals surface area contributed by atoms with Gasteiger partial charge in [0.2, 0.25) is 5.91 Å². The Hall–Kier alpha value is -2.08. The smallest absolute Gasteiger partial charge is 0.254 e. The highest BCUT2D eigenvalue weighted by Crippen LogP contribution is 2.26. The molecule has 0 spiro atoms. The molecule has 1 aliphatic heterocycles. The van der Waals surface area contributed by atoms with Gasteiger partial charge in [-0.25, -0.2) is 0 Å². The van der Waals surface area contributed by atoms with Crippen LogP contribution in [0.4, 0.5) is 5.69 Å². The fraction of sp³-hybridized carbons (Fsp3) is 0.312. The van der Waals surface area contributed by atoms with E-state index in [1.165, 1.54) is 11.8 Å². The van der Waals surface area contributed by atoms with Crippen LogP contribution in [0.1, 0.15) is 12.5 Å². The topological polar surface area (TPSA) is 61.8 Å². The summed E-state index contributed by atoms with van der Waals surface area (Å²) in [4.78, 5) is 29.8. The second-order valence-electron chi connectivity index (χ2n) is 4.96. The van der Waals surface area contributed by atoms with Gasteiger partial charge >= 0.3 is 0 Å². The molecule has 1 aliphatic rings. The number of aliphatic imine (C=N–C) groups is 1. The van der Waals surface area contributed by atoms with Gasteiger partial charge < -0.3 is 5.32 Å². The van der Waals surface area contributed by atoms with Crippen LogP contribution in [0.3, 0.4) is 0 Å². The molecule has 0 saturated heterocycles. The molecule has 0 aromatic heterocycles. The molecule has 2 rings (SSSR count). The minimum atomic E-state index is -0.336. The van der Waals surface area contributed by atoms with Crippen molar-refractivity contribution < 1.29 is 9.59 Å². The zero-order valence-electron chi connectivity index (χ0n) is 12.7. The van der Waals surface area contributed by atoms with E-state index >= 15 is 0 Å². The molecule has 1 aromatic carbocycles. The van der Waals surface area contributed by atoms with E-state index < -0.39 is 0 Å². The first-order chi connectivity index (χ1) is 10.5. The Morgan fingerprint density at radius 3 is 2.82 bits per heavy atom. The molecule has 0 radical (unpaired) electrons. The molecule has 0 aliphatic carbocycles. The van der Waals surface area contributed by atoms with Crippen molar-refractivity contribution in [3.63, 3.8) is 0 Å². The highest BCUT2D eigenvalue weighted by Gasteiger charge is 2.30. The van der Waals surface area contributed by atoms with E-state index in [-0.39, 0.29) is 23.6 Å². The van der Waals surface area contributed by atoms with Crippen LogP contribution in [0.5, 0.6) is 0 Å². The first kappa shape index (κ1) is 16.3. The Morgan fingerprint density at radius 2 is 2.18 bits per heavy atom. The summed E-state index contributed by atoms with van der Waals surface area (Å²) in [5.74, 6) is -0.180. The van der Waals surface area contributed by atoms with E-state index in [2.05, 4.69) is 16.9 Å². The average molecular weight is 317 g/mol. The summed E-state index contributed by atoms with van der Waals surface area (Å²) in [6.45, 7) is 7.90. The molecule has 5 nitrogen and oxygen atoms in total. The first-order valence-corrected chi connectivity index (χ1v) is 7.90. The molecule has 1 aromatic rings. The number of nitrogens with one attached hydrogen (secondary N) is 1. The normalized spacial score (nSPS) is 15.5. The van der Waals surface area contributed by atoms with Crippen molar-refractivity contribution in [2.45, 2.75) is 19.1 Å². The SMILES string of the molecule is C=CCNC(=O)[C@H](C)SC1=NCC(=O)N1c1ccc(C)cc1. The number of carbonyl (C=O) groups is 2. The zero-order valence-corrected chi connectivity index (χ0v) is 13.5. The molecule has 1 N–H and O–H groups in total. The van der Waals surface area contributed by atoms with Gasteiger partial charge in [0.25, 0.3) is 5.91 Å². The highest BCUT2D eigenvalue weighted by atomic mass is 32.2. The van der Waals surface area contributed by atoms with Crippen molar-refractivity contribution in [3.05, 3.63) is 42.5 Å². The Labute approximate surface area is 134 Å². The van der Waals surface area contributed by atoms with E-state index in [1.54, 1.807) is 17.9 Å². The number of rotatable bonds is 5. The van der Waals surface area contributed by atoms with Crippen LogP contribution in [-0.2, 0) is 9.59 Å². The number of benzene rings is 1. The maximum Gasteiger partial charge on any atom is 0.254 e. The van der Waals surface area contributed by atoms with Gasteiger partial charge in [0, 0.05) is 6.54 Å². The number of carbonyl (C=O) groups excluding carboxylic acids is 2. The van der Waals surface area contributed by atoms with Gasteiger partial charge in [-0.15, -0.1) is 6.58 Å². The Morgan fingerprint density at radius 1 is 1.50 bits per heavy atom. The Bertz CT molecular complexity index is 610. The number of thioether (sulfide) groups is 1. The van der Waals surface area contributed by atoms with Crippen molar-refractivity contribution in [2.24, 2.45) is 4.99 Å². The van der Waals surface area contributed by atoms with Crippen LogP contribution in [0.2, 0.25) is 0 Å². The lowest BCUT2D eigenvalue weighted by atomic mass is 10.2. The molecule has 1 atom stereocenters. The van der Waals surface area contributed by atoms with Crippen molar-refractivity contribution >= 4 is 34.4 Å².